The van der Waals surface area contributed by atoms with Gasteiger partial charge in [0, 0.05) is 22.2 Å². The number of aliphatic carboxylic acids is 1. The lowest BCUT2D eigenvalue weighted by Crippen LogP contribution is -2.43. The van der Waals surface area contributed by atoms with Crippen LogP contribution in [0.1, 0.15) is 57.7 Å². The predicted molar refractivity (Wildman–Crippen MR) is 122 cm³/mol. The van der Waals surface area contributed by atoms with Crippen molar-refractivity contribution >= 4 is 16.9 Å². The number of carboxylic acids is 1. The Bertz CT molecular complexity index is 1210. The summed E-state index contributed by atoms with van der Waals surface area (Å²) in [5, 5.41) is 31.3. The monoisotopic (exact) mass is 457 g/mol. The van der Waals surface area contributed by atoms with Crippen LogP contribution in [-0.4, -0.2) is 38.1 Å². The highest BCUT2D eigenvalue weighted by Gasteiger charge is 2.49. The second-order valence-electron chi connectivity index (χ2n) is 10.1. The third kappa shape index (κ3) is 3.68. The highest BCUT2D eigenvalue weighted by Crippen LogP contribution is 2.52. The van der Waals surface area contributed by atoms with Crippen LogP contribution in [0.15, 0.2) is 42.5 Å². The summed E-state index contributed by atoms with van der Waals surface area (Å²) < 4.78 is 30.5. The number of halogens is 2. The number of aliphatic hydroxyl groups is 1. The molecule has 3 N–H and O–H groups in total. The summed E-state index contributed by atoms with van der Waals surface area (Å²) >= 11 is 0. The number of benzene rings is 2. The van der Waals surface area contributed by atoms with Gasteiger partial charge in [-0.15, -0.1) is 0 Å². The smallest absolute Gasteiger partial charge is 0.341 e. The normalized spacial score (nSPS) is 23.7. The van der Waals surface area contributed by atoms with Crippen LogP contribution < -0.4 is 0 Å². The average molecular weight is 458 g/mol. The summed E-state index contributed by atoms with van der Waals surface area (Å²) in [6, 6.07) is 11.1. The Kier molecular flexibility index (Phi) is 5.52. The Hall–Kier alpha value is -2.93. The molecule has 0 amide bonds. The first-order valence-corrected chi connectivity index (χ1v) is 11.1. The van der Waals surface area contributed by atoms with E-state index in [1.807, 2.05) is 31.4 Å². The minimum absolute atomic E-state index is 0.0508. The summed E-state index contributed by atoms with van der Waals surface area (Å²) in [7, 11) is 0. The molecule has 0 radical (unpaired) electrons. The van der Waals surface area contributed by atoms with Crippen molar-refractivity contribution in [1.82, 2.24) is 4.57 Å². The van der Waals surface area contributed by atoms with Crippen molar-refractivity contribution in [2.45, 2.75) is 63.0 Å². The predicted octanol–water partition coefficient (Wildman–Crippen LogP) is 5.37. The van der Waals surface area contributed by atoms with E-state index >= 15 is 0 Å². The van der Waals surface area contributed by atoms with Crippen LogP contribution in [0, 0.1) is 5.82 Å². The van der Waals surface area contributed by atoms with Gasteiger partial charge in [-0.1, -0.05) is 26.8 Å². The molecule has 33 heavy (non-hydrogen) atoms. The Morgan fingerprint density at radius 2 is 1.70 bits per heavy atom. The number of rotatable bonds is 5. The molecule has 4 rings (SSSR count). The average Bonchev–Trinajstić information content (AvgIpc) is 3.15. The number of carboxylic acid groups (broad SMARTS) is 1. The van der Waals surface area contributed by atoms with Crippen LogP contribution in [0.4, 0.5) is 8.78 Å². The second-order valence-corrected chi connectivity index (χ2v) is 10.1. The number of aromatic hydroxyl groups is 1. The number of alkyl halides is 1. The minimum atomic E-state index is -2.27. The Morgan fingerprint density at radius 1 is 1.09 bits per heavy atom. The Labute approximate surface area is 191 Å². The van der Waals surface area contributed by atoms with Crippen molar-refractivity contribution in [3.05, 3.63) is 59.5 Å². The molecule has 2 aromatic carbocycles. The Morgan fingerprint density at radius 3 is 2.24 bits per heavy atom. The molecule has 0 unspecified atom stereocenters. The summed E-state index contributed by atoms with van der Waals surface area (Å²) in [5.41, 5.74) is -0.832. The minimum Gasteiger partial charge on any atom is -0.507 e. The van der Waals surface area contributed by atoms with Crippen LogP contribution in [0.25, 0.3) is 16.6 Å². The van der Waals surface area contributed by atoms with Crippen LogP contribution in [0.2, 0.25) is 0 Å². The molecule has 1 fully saturated rings. The lowest BCUT2D eigenvalue weighted by atomic mass is 9.64. The van der Waals surface area contributed by atoms with Gasteiger partial charge in [0.1, 0.15) is 11.6 Å². The fraction of sp³-hybridized carbons (Fsp3) is 0.423. The van der Waals surface area contributed by atoms with Gasteiger partial charge in [-0.3, -0.25) is 0 Å². The molecule has 0 atom stereocenters. The number of nitrogens with zero attached hydrogens (tertiary/aromatic N) is 1. The largest absolute Gasteiger partial charge is 0.507 e. The van der Waals surface area contributed by atoms with Gasteiger partial charge in [-0.25, -0.2) is 13.6 Å². The zero-order chi connectivity index (χ0) is 24.2. The van der Waals surface area contributed by atoms with Crippen molar-refractivity contribution in [2.75, 3.05) is 6.61 Å². The van der Waals surface area contributed by atoms with Gasteiger partial charge in [-0.05, 0) is 73.1 Å². The number of hydrogen-bond acceptors (Lipinski definition) is 3. The summed E-state index contributed by atoms with van der Waals surface area (Å²) in [6.07, 6.45) is 0.242. The number of aliphatic hydroxyl groups excluding tert-OH is 1. The topological polar surface area (TPSA) is 82.7 Å². The first kappa shape index (κ1) is 23.2. The first-order valence-electron chi connectivity index (χ1n) is 11.1. The molecule has 7 heteroatoms. The maximum atomic E-state index is 14.9. The molecule has 5 nitrogen and oxygen atoms in total. The fourth-order valence-electron chi connectivity index (χ4n) is 5.15. The van der Waals surface area contributed by atoms with Crippen molar-refractivity contribution in [1.29, 1.82) is 0 Å². The summed E-state index contributed by atoms with van der Waals surface area (Å²) in [5.74, 6) is -1.78. The van der Waals surface area contributed by atoms with Gasteiger partial charge in [0.25, 0.3) is 0 Å². The highest BCUT2D eigenvalue weighted by atomic mass is 19.1. The molecule has 1 aromatic heterocycles. The van der Waals surface area contributed by atoms with Gasteiger partial charge in [0.05, 0.1) is 12.1 Å². The van der Waals surface area contributed by atoms with E-state index in [2.05, 4.69) is 0 Å². The number of carbonyl (C=O) groups is 1. The van der Waals surface area contributed by atoms with E-state index in [-0.39, 0.29) is 43.9 Å². The van der Waals surface area contributed by atoms with Crippen LogP contribution in [0.3, 0.4) is 0 Å². The standard InChI is InChI=1S/C26H29F2NO4/c1-24(2,15-30)22-21(25(3)11-13-26(28,14-12-25)23(32)33)20-18(5-4-6-19(20)31)29(22)17-9-7-16(27)8-10-17/h4-10,30-31H,11-15H2,1-3H3,(H,32,33)/t25-,26+. The highest BCUT2D eigenvalue weighted by molar-refractivity contribution is 5.94. The van der Waals surface area contributed by atoms with E-state index in [9.17, 15) is 28.9 Å². The van der Waals surface area contributed by atoms with Crippen molar-refractivity contribution < 1.29 is 28.9 Å². The van der Waals surface area contributed by atoms with Gasteiger partial charge >= 0.3 is 5.97 Å². The molecular formula is C26H29F2NO4. The molecule has 0 spiro atoms. The molecular weight excluding hydrogens is 428 g/mol. The molecule has 0 bridgehead atoms. The van der Waals surface area contributed by atoms with E-state index in [4.69, 9.17) is 0 Å². The molecule has 0 saturated heterocycles. The number of phenols is 1. The molecule has 176 valence electrons. The van der Waals surface area contributed by atoms with Gasteiger partial charge in [0.2, 0.25) is 5.67 Å². The zero-order valence-electron chi connectivity index (χ0n) is 19.0. The summed E-state index contributed by atoms with van der Waals surface area (Å²) in [6.45, 7) is 5.52. The maximum Gasteiger partial charge on any atom is 0.341 e. The molecule has 1 heterocycles. The third-order valence-electron chi connectivity index (χ3n) is 7.23. The van der Waals surface area contributed by atoms with Crippen molar-refractivity contribution in [3.63, 3.8) is 0 Å². The number of phenolic OH excluding ortho intramolecular Hbond substituents is 1. The molecule has 1 aliphatic carbocycles. The van der Waals surface area contributed by atoms with Crippen LogP contribution in [-0.2, 0) is 15.6 Å². The number of hydrogen-bond donors (Lipinski definition) is 3. The molecule has 0 aliphatic heterocycles. The van der Waals surface area contributed by atoms with E-state index in [0.717, 1.165) is 11.3 Å². The second kappa shape index (κ2) is 7.83. The Balaban J connectivity index is 2.05. The van der Waals surface area contributed by atoms with Crippen molar-refractivity contribution in [3.8, 4) is 11.4 Å². The van der Waals surface area contributed by atoms with E-state index in [1.165, 1.54) is 12.1 Å². The van der Waals surface area contributed by atoms with Crippen LogP contribution in [0.5, 0.6) is 5.75 Å². The van der Waals surface area contributed by atoms with Gasteiger partial charge in [-0.2, -0.15) is 0 Å². The van der Waals surface area contributed by atoms with E-state index in [1.54, 1.807) is 24.3 Å². The lowest BCUT2D eigenvalue weighted by Gasteiger charge is -2.41. The zero-order valence-corrected chi connectivity index (χ0v) is 19.0. The quantitative estimate of drug-likeness (QED) is 0.481. The maximum absolute atomic E-state index is 14.9. The van der Waals surface area contributed by atoms with Crippen molar-refractivity contribution in [2.24, 2.45) is 0 Å². The number of aromatic nitrogens is 1. The number of fused-ring (bicyclic) bond motifs is 1. The lowest BCUT2D eigenvalue weighted by molar-refractivity contribution is -0.154. The molecule has 3 aromatic rings. The first-order chi connectivity index (χ1) is 15.4. The SMILES string of the molecule is CC(C)(CO)c1c([C@]2(C)CC[C@@](F)(C(=O)O)CC2)c2c(O)cccc2n1-c1ccc(F)cc1. The van der Waals surface area contributed by atoms with Gasteiger partial charge in [0.15, 0.2) is 0 Å². The van der Waals surface area contributed by atoms with Gasteiger partial charge < -0.3 is 19.9 Å². The van der Waals surface area contributed by atoms with E-state index in [0.29, 0.717) is 16.6 Å². The van der Waals surface area contributed by atoms with E-state index < -0.39 is 22.5 Å². The molecule has 1 aliphatic rings. The van der Waals surface area contributed by atoms with Crippen LogP contribution >= 0.6 is 0 Å². The summed E-state index contributed by atoms with van der Waals surface area (Å²) in [4.78, 5) is 11.5. The molecule has 1 saturated carbocycles. The fourth-order valence-corrected chi connectivity index (χ4v) is 5.15. The third-order valence-corrected chi connectivity index (χ3v) is 7.23.